The van der Waals surface area contributed by atoms with Crippen LogP contribution >= 0.6 is 0 Å². The molecular weight excluding hydrogens is 132 g/mol. The van der Waals surface area contributed by atoms with Crippen LogP contribution in [0, 0.1) is 0 Å². The predicted octanol–water partition coefficient (Wildman–Crippen LogP) is -0.109. The number of aliphatic hydroxyl groups excluding tert-OH is 2. The second kappa shape index (κ2) is 3.91. The van der Waals surface area contributed by atoms with Gasteiger partial charge >= 0.3 is 0 Å². The van der Waals surface area contributed by atoms with E-state index in [-0.39, 0.29) is 0 Å². The van der Waals surface area contributed by atoms with Gasteiger partial charge in [-0.25, -0.2) is 0 Å². The molecule has 3 nitrogen and oxygen atoms in total. The van der Waals surface area contributed by atoms with E-state index in [1.807, 2.05) is 6.92 Å². The molecule has 0 bridgehead atoms. The molecule has 3 N–H and O–H groups in total. The zero-order chi connectivity index (χ0) is 8.20. The first-order valence-corrected chi connectivity index (χ1v) is 3.56. The van der Waals surface area contributed by atoms with E-state index in [4.69, 9.17) is 10.2 Å². The second-order valence-electron chi connectivity index (χ2n) is 2.82. The molecule has 0 spiro atoms. The Morgan fingerprint density at radius 3 is 2.30 bits per heavy atom. The smallest absolute Gasteiger partial charge is 0.111 e. The number of hydrogen-bond acceptors (Lipinski definition) is 3. The molecule has 3 heteroatoms. The Balaban J connectivity index is 3.78. The molecule has 0 saturated carbocycles. The maximum atomic E-state index is 9.22. The summed E-state index contributed by atoms with van der Waals surface area (Å²) in [6.07, 6.45) is 0.507. The fourth-order valence-electron chi connectivity index (χ4n) is 0.690. The van der Waals surface area contributed by atoms with Crippen molar-refractivity contribution in [2.24, 2.45) is 0 Å². The van der Waals surface area contributed by atoms with Crippen LogP contribution in [0.1, 0.15) is 26.7 Å². The van der Waals surface area contributed by atoms with Crippen molar-refractivity contribution in [2.45, 2.75) is 38.4 Å². The fourth-order valence-corrected chi connectivity index (χ4v) is 0.690. The number of hydrogen-bond donors (Lipinski definition) is 3. The Morgan fingerprint density at radius 1 is 1.50 bits per heavy atom. The lowest BCUT2D eigenvalue weighted by Crippen LogP contribution is -2.42. The summed E-state index contributed by atoms with van der Waals surface area (Å²) in [7, 11) is 0. The van der Waals surface area contributed by atoms with Gasteiger partial charge < -0.3 is 15.3 Å². The average molecular weight is 148 g/mol. The lowest BCUT2D eigenvalue weighted by molar-refractivity contribution is -0.0946. The van der Waals surface area contributed by atoms with Gasteiger partial charge in [0.2, 0.25) is 0 Å². The molecule has 0 aromatic rings. The van der Waals surface area contributed by atoms with Crippen molar-refractivity contribution >= 4 is 0 Å². The standard InChI is InChI=1S/C7H16O3/c1-3-4-6(9)7(2,10)5-8/h6,8-10H,3-5H2,1-2H3. The molecule has 0 amide bonds. The minimum atomic E-state index is -1.34. The van der Waals surface area contributed by atoms with E-state index in [1.165, 1.54) is 6.92 Å². The molecule has 0 aliphatic heterocycles. The van der Waals surface area contributed by atoms with Gasteiger partial charge in [-0.2, -0.15) is 0 Å². The summed E-state index contributed by atoms with van der Waals surface area (Å²) in [5, 5.41) is 27.0. The molecule has 0 fully saturated rings. The van der Waals surface area contributed by atoms with Crippen molar-refractivity contribution in [2.75, 3.05) is 6.61 Å². The maximum Gasteiger partial charge on any atom is 0.111 e. The van der Waals surface area contributed by atoms with Crippen LogP contribution in [-0.2, 0) is 0 Å². The molecule has 2 atom stereocenters. The summed E-state index contributed by atoms with van der Waals surface area (Å²) in [6, 6.07) is 0. The lowest BCUT2D eigenvalue weighted by atomic mass is 9.97. The molecule has 62 valence electrons. The van der Waals surface area contributed by atoms with Gasteiger partial charge in [-0.05, 0) is 13.3 Å². The minimum Gasteiger partial charge on any atom is -0.393 e. The van der Waals surface area contributed by atoms with E-state index in [9.17, 15) is 5.11 Å². The van der Waals surface area contributed by atoms with E-state index < -0.39 is 18.3 Å². The molecule has 0 heterocycles. The van der Waals surface area contributed by atoms with Crippen LogP contribution in [0.4, 0.5) is 0 Å². The zero-order valence-corrected chi connectivity index (χ0v) is 6.54. The number of aliphatic hydroxyl groups is 3. The normalized spacial score (nSPS) is 20.1. The van der Waals surface area contributed by atoms with Gasteiger partial charge in [0.05, 0.1) is 12.7 Å². The SMILES string of the molecule is CCCC(O)C(C)(O)CO. The summed E-state index contributed by atoms with van der Waals surface area (Å²) in [5.74, 6) is 0. The number of rotatable bonds is 4. The fraction of sp³-hybridized carbons (Fsp3) is 1.00. The monoisotopic (exact) mass is 148 g/mol. The Kier molecular flexibility index (Phi) is 3.86. The summed E-state index contributed by atoms with van der Waals surface area (Å²) in [6.45, 7) is 2.94. The highest BCUT2D eigenvalue weighted by atomic mass is 16.4. The van der Waals surface area contributed by atoms with E-state index in [0.29, 0.717) is 6.42 Å². The first kappa shape index (κ1) is 9.88. The summed E-state index contributed by atoms with van der Waals surface area (Å²) < 4.78 is 0. The largest absolute Gasteiger partial charge is 0.393 e. The van der Waals surface area contributed by atoms with Gasteiger partial charge in [-0.15, -0.1) is 0 Å². The molecule has 10 heavy (non-hydrogen) atoms. The molecule has 2 unspecified atom stereocenters. The van der Waals surface area contributed by atoms with Crippen LogP contribution in [0.15, 0.2) is 0 Å². The quantitative estimate of drug-likeness (QED) is 0.521. The van der Waals surface area contributed by atoms with Crippen LogP contribution in [0.2, 0.25) is 0 Å². The van der Waals surface area contributed by atoms with E-state index in [2.05, 4.69) is 0 Å². The van der Waals surface area contributed by atoms with Crippen molar-refractivity contribution in [3.05, 3.63) is 0 Å². The molecule has 0 rings (SSSR count). The van der Waals surface area contributed by atoms with E-state index >= 15 is 0 Å². The third-order valence-corrected chi connectivity index (χ3v) is 1.60. The third kappa shape index (κ3) is 2.64. The average Bonchev–Trinajstić information content (AvgIpc) is 1.89. The molecule has 0 radical (unpaired) electrons. The van der Waals surface area contributed by atoms with Gasteiger partial charge in [0.1, 0.15) is 5.60 Å². The molecule has 0 aliphatic carbocycles. The zero-order valence-electron chi connectivity index (χ0n) is 6.54. The summed E-state index contributed by atoms with van der Waals surface area (Å²) >= 11 is 0. The topological polar surface area (TPSA) is 60.7 Å². The summed E-state index contributed by atoms with van der Waals surface area (Å²) in [4.78, 5) is 0. The first-order chi connectivity index (χ1) is 4.54. The highest BCUT2D eigenvalue weighted by molar-refractivity contribution is 4.79. The van der Waals surface area contributed by atoms with Gasteiger partial charge in [0.15, 0.2) is 0 Å². The van der Waals surface area contributed by atoms with Crippen molar-refractivity contribution < 1.29 is 15.3 Å². The Morgan fingerprint density at radius 2 is 2.00 bits per heavy atom. The lowest BCUT2D eigenvalue weighted by Gasteiger charge is -2.26. The Labute approximate surface area is 61.3 Å². The van der Waals surface area contributed by atoms with Crippen LogP contribution in [0.3, 0.4) is 0 Å². The maximum absolute atomic E-state index is 9.22. The molecule has 0 aromatic carbocycles. The van der Waals surface area contributed by atoms with E-state index in [1.54, 1.807) is 0 Å². The predicted molar refractivity (Wildman–Crippen MR) is 38.6 cm³/mol. The molecule has 0 saturated heterocycles. The van der Waals surface area contributed by atoms with E-state index in [0.717, 1.165) is 6.42 Å². The third-order valence-electron chi connectivity index (χ3n) is 1.60. The second-order valence-corrected chi connectivity index (χ2v) is 2.82. The molecule has 0 aromatic heterocycles. The van der Waals surface area contributed by atoms with Gasteiger partial charge in [0, 0.05) is 0 Å². The first-order valence-electron chi connectivity index (χ1n) is 3.56. The Bertz CT molecular complexity index is 90.9. The van der Waals surface area contributed by atoms with Crippen LogP contribution in [0.5, 0.6) is 0 Å². The van der Waals surface area contributed by atoms with Crippen molar-refractivity contribution in [1.82, 2.24) is 0 Å². The highest BCUT2D eigenvalue weighted by Crippen LogP contribution is 2.12. The van der Waals surface area contributed by atoms with Gasteiger partial charge in [0.25, 0.3) is 0 Å². The Hall–Kier alpha value is -0.120. The van der Waals surface area contributed by atoms with Crippen molar-refractivity contribution in [3.8, 4) is 0 Å². The molecule has 0 aliphatic rings. The molecular formula is C7H16O3. The summed E-state index contributed by atoms with van der Waals surface area (Å²) in [5.41, 5.74) is -1.34. The highest BCUT2D eigenvalue weighted by Gasteiger charge is 2.28. The van der Waals surface area contributed by atoms with Gasteiger partial charge in [-0.3, -0.25) is 0 Å². The van der Waals surface area contributed by atoms with Crippen molar-refractivity contribution in [3.63, 3.8) is 0 Å². The van der Waals surface area contributed by atoms with Crippen LogP contribution in [-0.4, -0.2) is 33.6 Å². The van der Waals surface area contributed by atoms with Gasteiger partial charge in [-0.1, -0.05) is 13.3 Å². The van der Waals surface area contributed by atoms with Crippen molar-refractivity contribution in [1.29, 1.82) is 0 Å². The van der Waals surface area contributed by atoms with Crippen LogP contribution < -0.4 is 0 Å². The van der Waals surface area contributed by atoms with Crippen LogP contribution in [0.25, 0.3) is 0 Å². The minimum absolute atomic E-state index is 0.395.